The maximum absolute atomic E-state index is 11.9. The van der Waals surface area contributed by atoms with E-state index in [9.17, 15) is 8.42 Å². The molecular weight excluding hydrogens is 242 g/mol. The van der Waals surface area contributed by atoms with Crippen molar-refractivity contribution in [2.24, 2.45) is 0 Å². The van der Waals surface area contributed by atoms with Gasteiger partial charge in [-0.25, -0.2) is 8.42 Å². The van der Waals surface area contributed by atoms with Crippen molar-refractivity contribution < 1.29 is 13.2 Å². The highest BCUT2D eigenvalue weighted by Crippen LogP contribution is 2.18. The third kappa shape index (κ3) is 2.56. The van der Waals surface area contributed by atoms with Gasteiger partial charge in [-0.15, -0.1) is 0 Å². The lowest BCUT2D eigenvalue weighted by Gasteiger charge is -2.06. The third-order valence-electron chi connectivity index (χ3n) is 2.12. The lowest BCUT2D eigenvalue weighted by molar-refractivity contribution is 0.414. The fourth-order valence-electron chi connectivity index (χ4n) is 1.28. The molecule has 0 saturated heterocycles. The molecule has 2 N–H and O–H groups in total. The molecule has 0 radical (unpaired) electrons. The fraction of sp³-hybridized carbons (Fsp3) is 0.100. The number of nitrogens with one attached hydrogen (secondary N) is 2. The van der Waals surface area contributed by atoms with Gasteiger partial charge in [0.25, 0.3) is 10.0 Å². The molecule has 0 spiro atoms. The average Bonchev–Trinajstić information content (AvgIpc) is 2.81. The Kier molecular flexibility index (Phi) is 3.01. The van der Waals surface area contributed by atoms with E-state index in [0.717, 1.165) is 0 Å². The summed E-state index contributed by atoms with van der Waals surface area (Å²) in [7, 11) is -2.05. The summed E-state index contributed by atoms with van der Waals surface area (Å²) >= 11 is 0. The first kappa shape index (κ1) is 11.5. The molecule has 0 aliphatic heterocycles. The molecule has 90 valence electrons. The molecule has 1 aromatic heterocycles. The van der Waals surface area contributed by atoms with Gasteiger partial charge in [-0.3, -0.25) is 9.82 Å². The number of hydrogen-bond donors (Lipinski definition) is 2. The number of nitrogens with zero attached hydrogens (tertiary/aromatic N) is 1. The van der Waals surface area contributed by atoms with Crippen LogP contribution < -0.4 is 9.46 Å². The average molecular weight is 253 g/mol. The first-order valence-electron chi connectivity index (χ1n) is 4.77. The number of benzene rings is 1. The summed E-state index contributed by atoms with van der Waals surface area (Å²) in [5.74, 6) is 0.604. The van der Waals surface area contributed by atoms with E-state index in [1.807, 2.05) is 0 Å². The maximum Gasteiger partial charge on any atom is 0.261 e. The van der Waals surface area contributed by atoms with Crippen LogP contribution in [0.1, 0.15) is 0 Å². The maximum atomic E-state index is 11.9. The summed E-state index contributed by atoms with van der Waals surface area (Å²) in [6.07, 6.45) is 2.85. The van der Waals surface area contributed by atoms with Gasteiger partial charge in [0.15, 0.2) is 0 Å². The molecule has 7 heteroatoms. The van der Waals surface area contributed by atoms with Crippen LogP contribution in [0.2, 0.25) is 0 Å². The zero-order valence-corrected chi connectivity index (χ0v) is 9.86. The molecule has 1 aromatic carbocycles. The number of aromatic amines is 1. The van der Waals surface area contributed by atoms with Crippen LogP contribution in [0.25, 0.3) is 0 Å². The number of hydrogen-bond acceptors (Lipinski definition) is 4. The van der Waals surface area contributed by atoms with Gasteiger partial charge in [0.2, 0.25) is 0 Å². The van der Waals surface area contributed by atoms with E-state index in [1.54, 1.807) is 12.1 Å². The highest BCUT2D eigenvalue weighted by Gasteiger charge is 2.14. The summed E-state index contributed by atoms with van der Waals surface area (Å²) in [5, 5.41) is 6.18. The largest absolute Gasteiger partial charge is 0.497 e. The standard InChI is InChI=1S/C10H11N3O3S/c1-16-9-2-4-10(5-3-9)17(14,15)13-8-6-11-12-7-8/h2-7,13H,1H3,(H,11,12). The number of anilines is 1. The fourth-order valence-corrected chi connectivity index (χ4v) is 2.31. The summed E-state index contributed by atoms with van der Waals surface area (Å²) < 4.78 is 31.2. The van der Waals surface area contributed by atoms with Gasteiger partial charge in [0.1, 0.15) is 5.75 Å². The molecular formula is C10H11N3O3S. The number of sulfonamides is 1. The second-order valence-corrected chi connectivity index (χ2v) is 4.95. The van der Waals surface area contributed by atoms with Crippen LogP contribution in [-0.2, 0) is 10.0 Å². The van der Waals surface area contributed by atoms with Crippen molar-refractivity contribution in [3.8, 4) is 5.75 Å². The van der Waals surface area contributed by atoms with Crippen molar-refractivity contribution in [1.29, 1.82) is 0 Å². The van der Waals surface area contributed by atoms with E-state index in [-0.39, 0.29) is 4.90 Å². The van der Waals surface area contributed by atoms with Crippen molar-refractivity contribution in [3.63, 3.8) is 0 Å². The molecule has 0 fully saturated rings. The van der Waals surface area contributed by atoms with Crippen LogP contribution in [0.5, 0.6) is 5.75 Å². The molecule has 0 unspecified atom stereocenters. The van der Waals surface area contributed by atoms with Crippen LogP contribution in [-0.4, -0.2) is 25.7 Å². The minimum atomic E-state index is -3.57. The molecule has 0 aliphatic carbocycles. The number of H-pyrrole nitrogens is 1. The van der Waals surface area contributed by atoms with Crippen molar-refractivity contribution in [1.82, 2.24) is 10.2 Å². The summed E-state index contributed by atoms with van der Waals surface area (Å²) in [5.41, 5.74) is 0.390. The van der Waals surface area contributed by atoms with E-state index in [1.165, 1.54) is 31.6 Å². The molecule has 0 saturated carbocycles. The first-order valence-corrected chi connectivity index (χ1v) is 6.26. The second-order valence-electron chi connectivity index (χ2n) is 3.27. The third-order valence-corrected chi connectivity index (χ3v) is 3.52. The second kappa shape index (κ2) is 4.46. The van der Waals surface area contributed by atoms with Gasteiger partial charge < -0.3 is 4.74 Å². The van der Waals surface area contributed by atoms with Gasteiger partial charge in [0.05, 0.1) is 23.9 Å². The Morgan fingerprint density at radius 3 is 2.53 bits per heavy atom. The van der Waals surface area contributed by atoms with Crippen molar-refractivity contribution in [2.75, 3.05) is 11.8 Å². The Bertz CT molecular complexity index is 576. The first-order chi connectivity index (χ1) is 8.12. The Hall–Kier alpha value is -2.02. The number of ether oxygens (including phenoxy) is 1. The van der Waals surface area contributed by atoms with Gasteiger partial charge >= 0.3 is 0 Å². The molecule has 6 nitrogen and oxygen atoms in total. The smallest absolute Gasteiger partial charge is 0.261 e. The van der Waals surface area contributed by atoms with E-state index in [4.69, 9.17) is 4.74 Å². The van der Waals surface area contributed by atoms with Crippen molar-refractivity contribution >= 4 is 15.7 Å². The van der Waals surface area contributed by atoms with Gasteiger partial charge in [-0.05, 0) is 24.3 Å². The normalized spacial score (nSPS) is 11.1. The van der Waals surface area contributed by atoms with Crippen LogP contribution in [0, 0.1) is 0 Å². The Morgan fingerprint density at radius 1 is 1.29 bits per heavy atom. The topological polar surface area (TPSA) is 84.1 Å². The molecule has 0 aliphatic rings. The molecule has 1 heterocycles. The van der Waals surface area contributed by atoms with Gasteiger partial charge in [-0.2, -0.15) is 5.10 Å². The predicted octanol–water partition coefficient (Wildman–Crippen LogP) is 1.22. The molecule has 0 bridgehead atoms. The monoisotopic (exact) mass is 253 g/mol. The van der Waals surface area contributed by atoms with Gasteiger partial charge in [0, 0.05) is 6.20 Å². The lowest BCUT2D eigenvalue weighted by Crippen LogP contribution is -2.12. The van der Waals surface area contributed by atoms with Crippen molar-refractivity contribution in [2.45, 2.75) is 4.90 Å². The highest BCUT2D eigenvalue weighted by atomic mass is 32.2. The van der Waals surface area contributed by atoms with Crippen LogP contribution in [0.3, 0.4) is 0 Å². The molecule has 0 atom stereocenters. The quantitative estimate of drug-likeness (QED) is 0.858. The van der Waals surface area contributed by atoms with Crippen molar-refractivity contribution in [3.05, 3.63) is 36.7 Å². The van der Waals surface area contributed by atoms with Gasteiger partial charge in [-0.1, -0.05) is 0 Å². The number of methoxy groups -OCH3 is 1. The lowest BCUT2D eigenvalue weighted by atomic mass is 10.3. The van der Waals surface area contributed by atoms with Crippen LogP contribution >= 0.6 is 0 Å². The molecule has 0 amide bonds. The molecule has 17 heavy (non-hydrogen) atoms. The van der Waals surface area contributed by atoms with E-state index < -0.39 is 10.0 Å². The minimum absolute atomic E-state index is 0.166. The molecule has 2 rings (SSSR count). The highest BCUT2D eigenvalue weighted by molar-refractivity contribution is 7.92. The summed E-state index contributed by atoms with van der Waals surface area (Å²) in [6, 6.07) is 6.12. The Morgan fingerprint density at radius 2 is 2.00 bits per heavy atom. The summed E-state index contributed by atoms with van der Waals surface area (Å²) in [4.78, 5) is 0.166. The van der Waals surface area contributed by atoms with Crippen LogP contribution in [0.15, 0.2) is 41.6 Å². The minimum Gasteiger partial charge on any atom is -0.497 e. The van der Waals surface area contributed by atoms with E-state index in [0.29, 0.717) is 11.4 Å². The zero-order chi connectivity index (χ0) is 12.3. The SMILES string of the molecule is COc1ccc(S(=O)(=O)Nc2cn[nH]c2)cc1. The number of aromatic nitrogens is 2. The van der Waals surface area contributed by atoms with Crippen LogP contribution in [0.4, 0.5) is 5.69 Å². The van der Waals surface area contributed by atoms with E-state index in [2.05, 4.69) is 14.9 Å². The number of rotatable bonds is 4. The Labute approximate surface area is 98.7 Å². The van der Waals surface area contributed by atoms with E-state index >= 15 is 0 Å². The predicted molar refractivity (Wildman–Crippen MR) is 62.4 cm³/mol. The zero-order valence-electron chi connectivity index (χ0n) is 9.04. The Balaban J connectivity index is 2.25. The molecule has 2 aromatic rings. The summed E-state index contributed by atoms with van der Waals surface area (Å²) in [6.45, 7) is 0.